The van der Waals surface area contributed by atoms with Gasteiger partial charge in [-0.3, -0.25) is 4.79 Å². The Morgan fingerprint density at radius 2 is 2.26 bits per heavy atom. The van der Waals surface area contributed by atoms with Gasteiger partial charge in [0.05, 0.1) is 5.75 Å². The van der Waals surface area contributed by atoms with Gasteiger partial charge in [0.2, 0.25) is 5.91 Å². The Kier molecular flexibility index (Phi) is 4.87. The van der Waals surface area contributed by atoms with Crippen molar-refractivity contribution in [2.75, 3.05) is 12.3 Å². The molecule has 1 aliphatic rings. The fourth-order valence-corrected chi connectivity index (χ4v) is 3.50. The normalized spacial score (nSPS) is 18.6. The van der Waals surface area contributed by atoms with Crippen LogP contribution in [0.5, 0.6) is 0 Å². The highest BCUT2D eigenvalue weighted by Crippen LogP contribution is 2.24. The molecule has 1 saturated heterocycles. The molecule has 1 unspecified atom stereocenters. The highest BCUT2D eigenvalue weighted by atomic mass is 79.9. The molecule has 1 amide bonds. The first-order valence-corrected chi connectivity index (χ1v) is 7.76. The standard InChI is InChI=1S/C13H14BrNO3S/c14-9-3-1-4-10(7-9)19-8-12(16)15-6-2-5-11(15)13(17)18/h1,3-4,7,11H,2,5-6,8H2,(H,17,18). The second-order valence-electron chi connectivity index (χ2n) is 4.33. The molecule has 1 heterocycles. The minimum absolute atomic E-state index is 0.102. The molecule has 0 saturated carbocycles. The van der Waals surface area contributed by atoms with E-state index in [0.717, 1.165) is 15.8 Å². The Labute approximate surface area is 124 Å². The van der Waals surface area contributed by atoms with Crippen LogP contribution in [0.25, 0.3) is 0 Å². The number of amides is 1. The third kappa shape index (κ3) is 3.73. The summed E-state index contributed by atoms with van der Waals surface area (Å²) >= 11 is 4.81. The lowest BCUT2D eigenvalue weighted by Gasteiger charge is -2.21. The van der Waals surface area contributed by atoms with Gasteiger partial charge in [0.25, 0.3) is 0 Å². The molecule has 0 aromatic heterocycles. The van der Waals surface area contributed by atoms with Crippen molar-refractivity contribution in [2.45, 2.75) is 23.8 Å². The van der Waals surface area contributed by atoms with Gasteiger partial charge in [0, 0.05) is 15.9 Å². The second-order valence-corrected chi connectivity index (χ2v) is 6.29. The van der Waals surface area contributed by atoms with E-state index >= 15 is 0 Å². The van der Waals surface area contributed by atoms with Gasteiger partial charge in [0.1, 0.15) is 6.04 Å². The average Bonchev–Trinajstić information content (AvgIpc) is 2.85. The quantitative estimate of drug-likeness (QED) is 0.853. The highest BCUT2D eigenvalue weighted by Gasteiger charge is 2.33. The van der Waals surface area contributed by atoms with Crippen LogP contribution in [0.4, 0.5) is 0 Å². The summed E-state index contributed by atoms with van der Waals surface area (Å²) in [5.41, 5.74) is 0. The van der Waals surface area contributed by atoms with Crippen LogP contribution >= 0.6 is 27.7 Å². The van der Waals surface area contributed by atoms with E-state index in [9.17, 15) is 9.59 Å². The molecule has 1 atom stereocenters. The lowest BCUT2D eigenvalue weighted by Crippen LogP contribution is -2.41. The number of halogens is 1. The summed E-state index contributed by atoms with van der Waals surface area (Å²) in [4.78, 5) is 25.6. The van der Waals surface area contributed by atoms with E-state index in [0.29, 0.717) is 13.0 Å². The maximum atomic E-state index is 12.0. The number of rotatable bonds is 4. The predicted octanol–water partition coefficient (Wildman–Crippen LogP) is 2.62. The third-order valence-electron chi connectivity index (χ3n) is 3.02. The monoisotopic (exact) mass is 343 g/mol. The first-order valence-electron chi connectivity index (χ1n) is 5.98. The Morgan fingerprint density at radius 1 is 1.47 bits per heavy atom. The predicted molar refractivity (Wildman–Crippen MR) is 77.2 cm³/mol. The molecule has 4 nitrogen and oxygen atoms in total. The van der Waals surface area contributed by atoms with E-state index in [1.54, 1.807) is 0 Å². The number of thioether (sulfide) groups is 1. The topological polar surface area (TPSA) is 57.6 Å². The number of carboxylic acids is 1. The van der Waals surface area contributed by atoms with Crippen LogP contribution in [0.15, 0.2) is 33.6 Å². The van der Waals surface area contributed by atoms with E-state index in [4.69, 9.17) is 5.11 Å². The molecular weight excluding hydrogens is 330 g/mol. The van der Waals surface area contributed by atoms with Gasteiger partial charge >= 0.3 is 5.97 Å². The van der Waals surface area contributed by atoms with Crippen LogP contribution in [0.1, 0.15) is 12.8 Å². The fourth-order valence-electron chi connectivity index (χ4n) is 2.11. The van der Waals surface area contributed by atoms with Crippen LogP contribution in [0, 0.1) is 0 Å². The van der Waals surface area contributed by atoms with Crippen LogP contribution in [0.3, 0.4) is 0 Å². The van der Waals surface area contributed by atoms with Crippen molar-refractivity contribution in [3.8, 4) is 0 Å². The number of hydrogen-bond donors (Lipinski definition) is 1. The number of likely N-dealkylation sites (tertiary alicyclic amines) is 1. The van der Waals surface area contributed by atoms with Gasteiger partial charge in [-0.15, -0.1) is 11.8 Å². The molecule has 0 bridgehead atoms. The number of aliphatic carboxylic acids is 1. The Bertz CT molecular complexity index is 495. The van der Waals surface area contributed by atoms with Crippen LogP contribution < -0.4 is 0 Å². The van der Waals surface area contributed by atoms with Crippen LogP contribution in [-0.4, -0.2) is 40.2 Å². The van der Waals surface area contributed by atoms with Crippen molar-refractivity contribution >= 4 is 39.6 Å². The zero-order chi connectivity index (χ0) is 13.8. The second kappa shape index (κ2) is 6.43. The summed E-state index contributed by atoms with van der Waals surface area (Å²) in [6, 6.07) is 7.06. The SMILES string of the molecule is O=C(O)C1CCCN1C(=O)CSc1cccc(Br)c1. The van der Waals surface area contributed by atoms with Gasteiger partial charge in [0.15, 0.2) is 0 Å². The molecule has 1 aromatic rings. The Hall–Kier alpha value is -1.01. The summed E-state index contributed by atoms with van der Waals surface area (Å²) < 4.78 is 0.967. The van der Waals surface area contributed by atoms with Crippen LogP contribution in [0.2, 0.25) is 0 Å². The molecule has 0 radical (unpaired) electrons. The lowest BCUT2D eigenvalue weighted by atomic mass is 10.2. The van der Waals surface area contributed by atoms with Crippen molar-refractivity contribution < 1.29 is 14.7 Å². The van der Waals surface area contributed by atoms with Gasteiger partial charge < -0.3 is 10.0 Å². The average molecular weight is 344 g/mol. The Morgan fingerprint density at radius 3 is 2.95 bits per heavy atom. The molecule has 1 N–H and O–H groups in total. The summed E-state index contributed by atoms with van der Waals surface area (Å²) in [6.45, 7) is 0.550. The van der Waals surface area contributed by atoms with Gasteiger partial charge in [-0.1, -0.05) is 22.0 Å². The molecule has 6 heteroatoms. The first-order chi connectivity index (χ1) is 9.08. The maximum absolute atomic E-state index is 12.0. The van der Waals surface area contributed by atoms with Crippen molar-refractivity contribution in [1.82, 2.24) is 4.90 Å². The number of nitrogens with zero attached hydrogens (tertiary/aromatic N) is 1. The van der Waals surface area contributed by atoms with Gasteiger partial charge in [-0.2, -0.15) is 0 Å². The summed E-state index contributed by atoms with van der Waals surface area (Å²) in [5, 5.41) is 9.05. The minimum atomic E-state index is -0.904. The molecule has 1 fully saturated rings. The Balaban J connectivity index is 1.92. The van der Waals surface area contributed by atoms with E-state index in [1.165, 1.54) is 16.7 Å². The molecule has 19 heavy (non-hydrogen) atoms. The largest absolute Gasteiger partial charge is 0.480 e. The summed E-state index contributed by atoms with van der Waals surface area (Å²) in [5.74, 6) is -0.728. The molecule has 1 aromatic carbocycles. The van der Waals surface area contributed by atoms with Crippen LogP contribution in [-0.2, 0) is 9.59 Å². The lowest BCUT2D eigenvalue weighted by molar-refractivity contribution is -0.147. The molecule has 0 spiro atoms. The summed E-state index contributed by atoms with van der Waals surface area (Å²) in [6.07, 6.45) is 1.33. The van der Waals surface area contributed by atoms with E-state index in [2.05, 4.69) is 15.9 Å². The zero-order valence-corrected chi connectivity index (χ0v) is 12.6. The van der Waals surface area contributed by atoms with Crippen molar-refractivity contribution in [1.29, 1.82) is 0 Å². The van der Waals surface area contributed by atoms with E-state index < -0.39 is 12.0 Å². The number of carbonyl (C=O) groups is 2. The highest BCUT2D eigenvalue weighted by molar-refractivity contribution is 9.10. The molecule has 1 aliphatic heterocycles. The molecule has 0 aliphatic carbocycles. The zero-order valence-electron chi connectivity index (χ0n) is 10.2. The smallest absolute Gasteiger partial charge is 0.326 e. The molecule has 2 rings (SSSR count). The molecule has 102 valence electrons. The number of carbonyl (C=O) groups excluding carboxylic acids is 1. The first kappa shape index (κ1) is 14.4. The summed E-state index contributed by atoms with van der Waals surface area (Å²) in [7, 11) is 0. The van der Waals surface area contributed by atoms with Crippen molar-refractivity contribution in [3.05, 3.63) is 28.7 Å². The third-order valence-corrected chi connectivity index (χ3v) is 4.49. The molecular formula is C13H14BrNO3S. The maximum Gasteiger partial charge on any atom is 0.326 e. The van der Waals surface area contributed by atoms with Gasteiger partial charge in [-0.05, 0) is 31.0 Å². The van der Waals surface area contributed by atoms with Gasteiger partial charge in [-0.25, -0.2) is 4.79 Å². The van der Waals surface area contributed by atoms with E-state index in [-0.39, 0.29) is 11.7 Å². The number of carboxylic acid groups (broad SMARTS) is 1. The van der Waals surface area contributed by atoms with Crippen molar-refractivity contribution in [2.24, 2.45) is 0 Å². The number of hydrogen-bond acceptors (Lipinski definition) is 3. The van der Waals surface area contributed by atoms with Crippen molar-refractivity contribution in [3.63, 3.8) is 0 Å². The van der Waals surface area contributed by atoms with E-state index in [1.807, 2.05) is 24.3 Å². The minimum Gasteiger partial charge on any atom is -0.480 e. The fraction of sp³-hybridized carbons (Fsp3) is 0.385. The number of benzene rings is 1.